The molecule has 9 heteroatoms. The summed E-state index contributed by atoms with van der Waals surface area (Å²) in [6.45, 7) is 3.65. The molecule has 0 bridgehead atoms. The highest BCUT2D eigenvalue weighted by Gasteiger charge is 2.37. The quantitative estimate of drug-likeness (QED) is 0.769. The summed E-state index contributed by atoms with van der Waals surface area (Å²) in [5.74, 6) is -0.522. The molecule has 0 aromatic heterocycles. The summed E-state index contributed by atoms with van der Waals surface area (Å²) in [6.07, 6.45) is -4.17. The van der Waals surface area contributed by atoms with Crippen molar-refractivity contribution in [3.63, 3.8) is 0 Å². The molecule has 0 aliphatic rings. The second-order valence-electron chi connectivity index (χ2n) is 5.93. The molecule has 2 N–H and O–H groups in total. The number of benzene rings is 2. The van der Waals surface area contributed by atoms with Crippen LogP contribution in [-0.2, 0) is 16.2 Å². The molecule has 1 amide bonds. The maximum Gasteiger partial charge on any atom is 0.417 e. The topological polar surface area (TPSA) is 75.3 Å². The SMILES string of the molecule is CCC(C)NC(=O)c1ccccc1NS(=O)(=O)c1ccccc1C(F)(F)F. The zero-order valence-electron chi connectivity index (χ0n) is 14.7. The second kappa shape index (κ2) is 7.99. The van der Waals surface area contributed by atoms with Crippen molar-refractivity contribution < 1.29 is 26.4 Å². The van der Waals surface area contributed by atoms with Gasteiger partial charge < -0.3 is 5.32 Å². The molecule has 0 aliphatic heterocycles. The standard InChI is InChI=1S/C18H19F3N2O3S/c1-3-12(2)22-17(24)13-8-4-6-10-15(13)23-27(25,26)16-11-7-5-9-14(16)18(19,20)21/h4-12,23H,3H2,1-2H3,(H,22,24). The van der Waals surface area contributed by atoms with E-state index in [9.17, 15) is 26.4 Å². The molecule has 0 heterocycles. The average Bonchev–Trinajstić information content (AvgIpc) is 2.61. The molecule has 1 atom stereocenters. The zero-order chi connectivity index (χ0) is 20.2. The van der Waals surface area contributed by atoms with Gasteiger partial charge in [-0.3, -0.25) is 9.52 Å². The van der Waals surface area contributed by atoms with Gasteiger partial charge in [-0.15, -0.1) is 0 Å². The minimum Gasteiger partial charge on any atom is -0.350 e. The van der Waals surface area contributed by atoms with E-state index in [1.807, 2.05) is 6.92 Å². The number of carbonyl (C=O) groups is 1. The van der Waals surface area contributed by atoms with Crippen LogP contribution in [0.4, 0.5) is 18.9 Å². The normalized spacial score (nSPS) is 13.1. The summed E-state index contributed by atoms with van der Waals surface area (Å²) in [5, 5.41) is 2.69. The predicted octanol–water partition coefficient (Wildman–Crippen LogP) is 4.03. The molecule has 0 spiro atoms. The van der Waals surface area contributed by atoms with Crippen molar-refractivity contribution >= 4 is 21.6 Å². The highest BCUT2D eigenvalue weighted by molar-refractivity contribution is 7.92. The largest absolute Gasteiger partial charge is 0.417 e. The Labute approximate surface area is 155 Å². The Hall–Kier alpha value is -2.55. The van der Waals surface area contributed by atoms with Crippen LogP contribution in [0.15, 0.2) is 53.4 Å². The fourth-order valence-corrected chi connectivity index (χ4v) is 3.62. The average molecular weight is 400 g/mol. The van der Waals surface area contributed by atoms with E-state index in [1.165, 1.54) is 30.3 Å². The van der Waals surface area contributed by atoms with E-state index in [4.69, 9.17) is 0 Å². The number of rotatable bonds is 6. The van der Waals surface area contributed by atoms with Crippen LogP contribution >= 0.6 is 0 Å². The summed E-state index contributed by atoms with van der Waals surface area (Å²) < 4.78 is 66.7. The third-order valence-electron chi connectivity index (χ3n) is 3.89. The first-order chi connectivity index (χ1) is 12.6. The smallest absolute Gasteiger partial charge is 0.350 e. The number of nitrogens with one attached hydrogen (secondary N) is 2. The third kappa shape index (κ3) is 5.00. The molecule has 2 aromatic rings. The van der Waals surface area contributed by atoms with Crippen LogP contribution in [0.2, 0.25) is 0 Å². The van der Waals surface area contributed by atoms with Crippen LogP contribution in [-0.4, -0.2) is 20.4 Å². The maximum absolute atomic E-state index is 13.2. The highest BCUT2D eigenvalue weighted by atomic mass is 32.2. The van der Waals surface area contributed by atoms with Crippen molar-refractivity contribution in [3.05, 3.63) is 59.7 Å². The molecule has 0 saturated carbocycles. The van der Waals surface area contributed by atoms with Crippen molar-refractivity contribution in [1.29, 1.82) is 0 Å². The lowest BCUT2D eigenvalue weighted by atomic mass is 10.1. The van der Waals surface area contributed by atoms with Crippen LogP contribution < -0.4 is 10.0 Å². The minimum absolute atomic E-state index is 0.0193. The van der Waals surface area contributed by atoms with Gasteiger partial charge in [0.25, 0.3) is 15.9 Å². The van der Waals surface area contributed by atoms with Gasteiger partial charge in [0.15, 0.2) is 0 Å². The number of hydrogen-bond donors (Lipinski definition) is 2. The van der Waals surface area contributed by atoms with Crippen molar-refractivity contribution in [2.75, 3.05) is 4.72 Å². The Morgan fingerprint density at radius 2 is 1.67 bits per heavy atom. The van der Waals surface area contributed by atoms with Crippen molar-refractivity contribution in [2.45, 2.75) is 37.4 Å². The van der Waals surface area contributed by atoms with E-state index in [-0.39, 0.29) is 17.3 Å². The first kappa shape index (κ1) is 20.8. The molecule has 0 radical (unpaired) electrons. The van der Waals surface area contributed by atoms with E-state index in [0.717, 1.165) is 12.1 Å². The van der Waals surface area contributed by atoms with Crippen LogP contribution in [0.5, 0.6) is 0 Å². The monoisotopic (exact) mass is 400 g/mol. The second-order valence-corrected chi connectivity index (χ2v) is 7.58. The lowest BCUT2D eigenvalue weighted by Gasteiger charge is -2.17. The fourth-order valence-electron chi connectivity index (χ4n) is 2.31. The van der Waals surface area contributed by atoms with Gasteiger partial charge in [0.05, 0.1) is 21.7 Å². The highest BCUT2D eigenvalue weighted by Crippen LogP contribution is 2.34. The van der Waals surface area contributed by atoms with Crippen molar-refractivity contribution in [2.24, 2.45) is 0 Å². The number of carbonyl (C=O) groups excluding carboxylic acids is 1. The van der Waals surface area contributed by atoms with Crippen LogP contribution in [0, 0.1) is 0 Å². The Bertz CT molecular complexity index is 927. The van der Waals surface area contributed by atoms with Gasteiger partial charge in [0.2, 0.25) is 0 Å². The Morgan fingerprint density at radius 1 is 1.07 bits per heavy atom. The fraction of sp³-hybridized carbons (Fsp3) is 0.278. The molecule has 2 rings (SSSR count). The lowest BCUT2D eigenvalue weighted by Crippen LogP contribution is -2.32. The molecule has 146 valence electrons. The first-order valence-corrected chi connectivity index (χ1v) is 9.63. The molecule has 0 saturated heterocycles. The Kier molecular flexibility index (Phi) is 6.15. The van der Waals surface area contributed by atoms with Gasteiger partial charge in [-0.25, -0.2) is 8.42 Å². The van der Waals surface area contributed by atoms with E-state index in [2.05, 4.69) is 10.0 Å². The van der Waals surface area contributed by atoms with E-state index in [1.54, 1.807) is 6.92 Å². The van der Waals surface area contributed by atoms with Gasteiger partial charge in [0, 0.05) is 6.04 Å². The summed E-state index contributed by atoms with van der Waals surface area (Å²) in [6, 6.07) is 9.45. The van der Waals surface area contributed by atoms with Crippen molar-refractivity contribution in [3.8, 4) is 0 Å². The van der Waals surface area contributed by atoms with E-state index >= 15 is 0 Å². The number of para-hydroxylation sites is 1. The number of hydrogen-bond acceptors (Lipinski definition) is 3. The lowest BCUT2D eigenvalue weighted by molar-refractivity contribution is -0.139. The van der Waals surface area contributed by atoms with Crippen molar-refractivity contribution in [1.82, 2.24) is 5.32 Å². The Morgan fingerprint density at radius 3 is 2.30 bits per heavy atom. The molecule has 5 nitrogen and oxygen atoms in total. The summed E-state index contributed by atoms with van der Waals surface area (Å²) in [4.78, 5) is 11.4. The summed E-state index contributed by atoms with van der Waals surface area (Å²) >= 11 is 0. The molecule has 2 aromatic carbocycles. The van der Waals surface area contributed by atoms with Gasteiger partial charge in [-0.1, -0.05) is 31.2 Å². The molecule has 0 fully saturated rings. The first-order valence-electron chi connectivity index (χ1n) is 8.15. The molecule has 0 aliphatic carbocycles. The van der Waals surface area contributed by atoms with Crippen LogP contribution in [0.3, 0.4) is 0 Å². The molecule has 27 heavy (non-hydrogen) atoms. The van der Waals surface area contributed by atoms with Gasteiger partial charge in [-0.2, -0.15) is 13.2 Å². The van der Waals surface area contributed by atoms with Crippen LogP contribution in [0.25, 0.3) is 0 Å². The zero-order valence-corrected chi connectivity index (χ0v) is 15.5. The van der Waals surface area contributed by atoms with E-state index in [0.29, 0.717) is 12.5 Å². The van der Waals surface area contributed by atoms with Gasteiger partial charge in [0.1, 0.15) is 0 Å². The number of alkyl halides is 3. The third-order valence-corrected chi connectivity index (χ3v) is 5.31. The number of anilines is 1. The maximum atomic E-state index is 13.2. The Balaban J connectivity index is 2.42. The number of sulfonamides is 1. The van der Waals surface area contributed by atoms with Gasteiger partial charge in [-0.05, 0) is 37.6 Å². The minimum atomic E-state index is -4.83. The molecular weight excluding hydrogens is 381 g/mol. The summed E-state index contributed by atoms with van der Waals surface area (Å²) in [7, 11) is -4.57. The van der Waals surface area contributed by atoms with Gasteiger partial charge >= 0.3 is 6.18 Å². The number of amides is 1. The molecular formula is C18H19F3N2O3S. The summed E-state index contributed by atoms with van der Waals surface area (Å²) in [5.41, 5.74) is -1.36. The number of halogens is 3. The van der Waals surface area contributed by atoms with E-state index < -0.39 is 32.6 Å². The predicted molar refractivity (Wildman–Crippen MR) is 95.9 cm³/mol. The molecule has 1 unspecified atom stereocenters. The van der Waals surface area contributed by atoms with Crippen LogP contribution in [0.1, 0.15) is 36.2 Å².